The number of rotatable bonds is 20. The van der Waals surface area contributed by atoms with Crippen LogP contribution in [0.3, 0.4) is 0 Å². The van der Waals surface area contributed by atoms with Crippen LogP contribution in [0.2, 0.25) is 0 Å². The summed E-state index contributed by atoms with van der Waals surface area (Å²) in [6.07, 6.45) is 20.2. The van der Waals surface area contributed by atoms with Crippen LogP contribution in [0.15, 0.2) is 0 Å². The third kappa shape index (κ3) is 21.4. The monoisotopic (exact) mass is 371 g/mol. The molecule has 0 rings (SSSR count). The van der Waals surface area contributed by atoms with E-state index in [0.29, 0.717) is 19.6 Å². The number of hydrogen-bond acceptors (Lipinski definition) is 3. The first-order chi connectivity index (χ1) is 12.7. The molecule has 156 valence electrons. The van der Waals surface area contributed by atoms with E-state index in [1.165, 1.54) is 96.8 Å². The smallest absolute Gasteiger partial charge is 0.216 e. The predicted octanol–water partition coefficient (Wildman–Crippen LogP) is 5.72. The van der Waals surface area contributed by atoms with Crippen molar-refractivity contribution >= 4 is 5.91 Å². The molecule has 0 heterocycles. The van der Waals surface area contributed by atoms with Gasteiger partial charge in [0.25, 0.3) is 0 Å². The molecule has 1 unspecified atom stereocenters. The maximum Gasteiger partial charge on any atom is 0.216 e. The number of carbonyl (C=O) groups excluding carboxylic acids is 1. The molecule has 0 bridgehead atoms. The molecule has 0 saturated carbocycles. The van der Waals surface area contributed by atoms with Crippen molar-refractivity contribution < 1.29 is 14.6 Å². The van der Waals surface area contributed by atoms with Gasteiger partial charge in [-0.05, 0) is 12.8 Å². The number of aliphatic hydroxyl groups excluding tert-OH is 1. The molecule has 26 heavy (non-hydrogen) atoms. The maximum absolute atomic E-state index is 10.7. The van der Waals surface area contributed by atoms with Crippen molar-refractivity contribution in [2.75, 3.05) is 13.2 Å². The van der Waals surface area contributed by atoms with Crippen LogP contribution < -0.4 is 5.32 Å². The zero-order chi connectivity index (χ0) is 19.3. The number of aliphatic hydroxyl groups is 1. The quantitative estimate of drug-likeness (QED) is 0.212. The van der Waals surface area contributed by atoms with Crippen molar-refractivity contribution in [2.24, 2.45) is 0 Å². The molecule has 4 heteroatoms. The molecule has 0 saturated heterocycles. The first kappa shape index (κ1) is 25.4. The van der Waals surface area contributed by atoms with Gasteiger partial charge in [0.05, 0.1) is 6.61 Å². The first-order valence-corrected chi connectivity index (χ1v) is 11.2. The fourth-order valence-corrected chi connectivity index (χ4v) is 3.20. The van der Waals surface area contributed by atoms with Crippen LogP contribution in [0.4, 0.5) is 0 Å². The van der Waals surface area contributed by atoms with E-state index in [9.17, 15) is 9.90 Å². The number of nitrogens with one attached hydrogen (secondary N) is 1. The molecule has 2 N–H and O–H groups in total. The average Bonchev–Trinajstić information content (AvgIpc) is 2.62. The van der Waals surface area contributed by atoms with E-state index in [1.54, 1.807) is 0 Å². The topological polar surface area (TPSA) is 58.6 Å². The molecule has 0 aliphatic heterocycles. The lowest BCUT2D eigenvalue weighted by Crippen LogP contribution is -2.26. The number of carbonyl (C=O) groups is 1. The van der Waals surface area contributed by atoms with Crippen LogP contribution >= 0.6 is 0 Å². The summed E-state index contributed by atoms with van der Waals surface area (Å²) in [7, 11) is 0. The summed E-state index contributed by atoms with van der Waals surface area (Å²) >= 11 is 0. The minimum atomic E-state index is -0.689. The fourth-order valence-electron chi connectivity index (χ4n) is 3.20. The summed E-state index contributed by atoms with van der Waals surface area (Å²) in [4.78, 5) is 10.7. The Morgan fingerprint density at radius 2 is 1.23 bits per heavy atom. The zero-order valence-electron chi connectivity index (χ0n) is 17.6. The average molecular weight is 372 g/mol. The molecule has 0 aromatic heterocycles. The van der Waals surface area contributed by atoms with Crippen LogP contribution in [0.25, 0.3) is 0 Å². The van der Waals surface area contributed by atoms with Crippen molar-refractivity contribution in [3.63, 3.8) is 0 Å². The van der Waals surface area contributed by atoms with Gasteiger partial charge in [0.15, 0.2) is 6.29 Å². The third-order valence-electron chi connectivity index (χ3n) is 4.84. The highest BCUT2D eigenvalue weighted by molar-refractivity contribution is 5.72. The molecule has 1 amide bonds. The Bertz CT molecular complexity index is 297. The molecule has 0 aromatic carbocycles. The van der Waals surface area contributed by atoms with Gasteiger partial charge in [0.2, 0.25) is 5.91 Å². The summed E-state index contributed by atoms with van der Waals surface area (Å²) in [5, 5.41) is 12.3. The van der Waals surface area contributed by atoms with E-state index in [2.05, 4.69) is 12.2 Å². The van der Waals surface area contributed by atoms with Gasteiger partial charge < -0.3 is 15.2 Å². The summed E-state index contributed by atoms with van der Waals surface area (Å²) in [6.45, 7) is 4.59. The van der Waals surface area contributed by atoms with Crippen molar-refractivity contribution in [1.82, 2.24) is 5.32 Å². The molecule has 0 radical (unpaired) electrons. The van der Waals surface area contributed by atoms with Gasteiger partial charge in [0, 0.05) is 13.5 Å². The van der Waals surface area contributed by atoms with Crippen LogP contribution in [0, 0.1) is 0 Å². The van der Waals surface area contributed by atoms with E-state index in [-0.39, 0.29) is 5.91 Å². The summed E-state index contributed by atoms with van der Waals surface area (Å²) < 4.78 is 5.25. The van der Waals surface area contributed by atoms with Crippen molar-refractivity contribution in [1.29, 1.82) is 0 Å². The lowest BCUT2D eigenvalue weighted by atomic mass is 10.0. The van der Waals surface area contributed by atoms with E-state index in [1.807, 2.05) is 0 Å². The highest BCUT2D eigenvalue weighted by Gasteiger charge is 2.03. The standard InChI is InChI=1S/C22H45NO3/c1-3-4-5-6-7-8-9-10-11-12-13-14-15-16-17-18-22(25)26-20-19-23-21(2)24/h22,25H,3-20H2,1-2H3,(H,23,24). The first-order valence-electron chi connectivity index (χ1n) is 11.2. The Hall–Kier alpha value is -0.610. The molecular formula is C22H45NO3. The maximum atomic E-state index is 10.7. The highest BCUT2D eigenvalue weighted by Crippen LogP contribution is 2.14. The van der Waals surface area contributed by atoms with Crippen LogP contribution in [0.1, 0.15) is 117 Å². The molecule has 0 aliphatic carbocycles. The molecule has 0 aromatic rings. The zero-order valence-corrected chi connectivity index (χ0v) is 17.6. The Labute approximate surface area is 162 Å². The van der Waals surface area contributed by atoms with Gasteiger partial charge in [0.1, 0.15) is 0 Å². The van der Waals surface area contributed by atoms with Gasteiger partial charge in [-0.1, -0.05) is 96.8 Å². The van der Waals surface area contributed by atoms with Crippen LogP contribution in [-0.4, -0.2) is 30.5 Å². The molecule has 0 fully saturated rings. The predicted molar refractivity (Wildman–Crippen MR) is 110 cm³/mol. The highest BCUT2D eigenvalue weighted by atomic mass is 16.6. The number of ether oxygens (including phenoxy) is 1. The molecule has 0 aliphatic rings. The van der Waals surface area contributed by atoms with Crippen molar-refractivity contribution in [3.8, 4) is 0 Å². The van der Waals surface area contributed by atoms with Gasteiger partial charge in [-0.2, -0.15) is 0 Å². The lowest BCUT2D eigenvalue weighted by Gasteiger charge is -2.12. The largest absolute Gasteiger partial charge is 0.368 e. The second-order valence-electron chi connectivity index (χ2n) is 7.55. The second kappa shape index (κ2) is 20.7. The van der Waals surface area contributed by atoms with Crippen molar-refractivity contribution in [2.45, 2.75) is 123 Å². The third-order valence-corrected chi connectivity index (χ3v) is 4.84. The Balaban J connectivity index is 3.11. The van der Waals surface area contributed by atoms with Gasteiger partial charge in [-0.15, -0.1) is 0 Å². The number of amides is 1. The fraction of sp³-hybridized carbons (Fsp3) is 0.955. The van der Waals surface area contributed by atoms with Gasteiger partial charge in [-0.3, -0.25) is 4.79 Å². The molecular weight excluding hydrogens is 326 g/mol. The molecule has 4 nitrogen and oxygen atoms in total. The number of unbranched alkanes of at least 4 members (excludes halogenated alkanes) is 14. The van der Waals surface area contributed by atoms with Crippen LogP contribution in [-0.2, 0) is 9.53 Å². The van der Waals surface area contributed by atoms with Crippen molar-refractivity contribution in [3.05, 3.63) is 0 Å². The molecule has 1 atom stereocenters. The van der Waals surface area contributed by atoms with E-state index in [4.69, 9.17) is 4.74 Å². The summed E-state index contributed by atoms with van der Waals surface area (Å²) in [6, 6.07) is 0. The minimum Gasteiger partial charge on any atom is -0.368 e. The second-order valence-corrected chi connectivity index (χ2v) is 7.55. The van der Waals surface area contributed by atoms with Gasteiger partial charge >= 0.3 is 0 Å². The van der Waals surface area contributed by atoms with E-state index >= 15 is 0 Å². The lowest BCUT2D eigenvalue weighted by molar-refractivity contribution is -0.121. The van der Waals surface area contributed by atoms with Gasteiger partial charge in [-0.25, -0.2) is 0 Å². The molecule has 0 spiro atoms. The Morgan fingerprint density at radius 1 is 0.808 bits per heavy atom. The van der Waals surface area contributed by atoms with E-state index in [0.717, 1.165) is 6.42 Å². The number of hydrogen-bond donors (Lipinski definition) is 2. The summed E-state index contributed by atoms with van der Waals surface area (Å²) in [5.74, 6) is -0.0644. The summed E-state index contributed by atoms with van der Waals surface area (Å²) in [5.41, 5.74) is 0. The SMILES string of the molecule is CCCCCCCCCCCCCCCCCC(O)OCCNC(C)=O. The Morgan fingerprint density at radius 3 is 1.65 bits per heavy atom. The van der Waals surface area contributed by atoms with E-state index < -0.39 is 6.29 Å². The normalized spacial score (nSPS) is 12.3. The Kier molecular flexibility index (Phi) is 20.2. The minimum absolute atomic E-state index is 0.0644. The van der Waals surface area contributed by atoms with Crippen LogP contribution in [0.5, 0.6) is 0 Å².